The van der Waals surface area contributed by atoms with E-state index in [0.717, 1.165) is 13.0 Å². The average Bonchev–Trinajstić information content (AvgIpc) is 3.07. The Morgan fingerprint density at radius 3 is 1.76 bits per heavy atom. The van der Waals surface area contributed by atoms with E-state index in [1.54, 1.807) is 7.11 Å². The molecule has 2 aliphatic heterocycles. The molecule has 0 fully saturated rings. The van der Waals surface area contributed by atoms with Crippen LogP contribution in [0.5, 0.6) is 0 Å². The number of hydrogen-bond acceptors (Lipinski definition) is 7. The van der Waals surface area contributed by atoms with Crippen LogP contribution in [-0.4, -0.2) is 91.2 Å². The summed E-state index contributed by atoms with van der Waals surface area (Å²) in [5.41, 5.74) is 5.68. The minimum atomic E-state index is -0.103. The van der Waals surface area contributed by atoms with E-state index in [2.05, 4.69) is 60.4 Å². The van der Waals surface area contributed by atoms with E-state index in [9.17, 15) is 0 Å². The smallest absolute Gasteiger partial charge is 0.0701 e. The lowest BCUT2D eigenvalue weighted by Crippen LogP contribution is -2.47. The Kier molecular flexibility index (Phi) is 12.8. The van der Waals surface area contributed by atoms with Gasteiger partial charge in [0.25, 0.3) is 0 Å². The molecule has 0 N–H and O–H groups in total. The fraction of sp³-hybridized carbons (Fsp3) is 0.586. The lowest BCUT2D eigenvalue weighted by atomic mass is 9.80. The summed E-state index contributed by atoms with van der Waals surface area (Å²) in [6.45, 7) is 9.68. The summed E-state index contributed by atoms with van der Waals surface area (Å²) >= 11 is 0. The van der Waals surface area contributed by atoms with Crippen molar-refractivity contribution in [2.45, 2.75) is 24.9 Å². The quantitative estimate of drug-likeness (QED) is 0.267. The number of halogens is 1. The molecule has 0 saturated heterocycles. The summed E-state index contributed by atoms with van der Waals surface area (Å²) < 4.78 is 32.8. The first-order valence-corrected chi connectivity index (χ1v) is 13.1. The van der Waals surface area contributed by atoms with Gasteiger partial charge in [0, 0.05) is 19.7 Å². The van der Waals surface area contributed by atoms with Crippen molar-refractivity contribution in [3.05, 3.63) is 70.8 Å². The molecule has 7 nitrogen and oxygen atoms in total. The van der Waals surface area contributed by atoms with E-state index in [-0.39, 0.29) is 17.9 Å². The van der Waals surface area contributed by atoms with Crippen LogP contribution in [0.15, 0.2) is 48.5 Å². The Hall–Kier alpha value is -1.55. The summed E-state index contributed by atoms with van der Waals surface area (Å²) in [6, 6.07) is 18.2. The van der Waals surface area contributed by atoms with Gasteiger partial charge >= 0.3 is 0 Å². The summed E-state index contributed by atoms with van der Waals surface area (Å²) in [7, 11) is 1.66. The van der Waals surface area contributed by atoms with E-state index in [0.29, 0.717) is 78.7 Å². The Balaban J connectivity index is 0.00000380. The molecule has 2 aromatic rings. The normalized spacial score (nSPS) is 19.9. The van der Waals surface area contributed by atoms with Gasteiger partial charge in [0.05, 0.1) is 78.2 Å². The number of rotatable bonds is 18. The standard InChI is InChI=1S/C29H41NO6.ClH/c1-29-26-9-5-3-7-24(26)23-28(25-8-4-6-10-27(25)29)30(29)11-12-32-15-16-34-19-20-36-22-21-35-18-17-33-14-13-31-2;/h3-10,28H,11-23H2,1-2H3;1H/t28-,29+;/m1./s1. The fourth-order valence-electron chi connectivity index (χ4n) is 5.43. The second-order valence-corrected chi connectivity index (χ2v) is 9.28. The predicted molar refractivity (Wildman–Crippen MR) is 146 cm³/mol. The first kappa shape index (κ1) is 30.0. The lowest BCUT2D eigenvalue weighted by molar-refractivity contribution is -0.0183. The minimum Gasteiger partial charge on any atom is -0.382 e. The molecular weight excluding hydrogens is 494 g/mol. The lowest BCUT2D eigenvalue weighted by Gasteiger charge is -2.44. The molecule has 2 heterocycles. The van der Waals surface area contributed by atoms with Crippen molar-refractivity contribution in [1.82, 2.24) is 4.90 Å². The first-order valence-electron chi connectivity index (χ1n) is 13.1. The highest BCUT2D eigenvalue weighted by atomic mass is 35.5. The van der Waals surface area contributed by atoms with E-state index in [1.165, 1.54) is 22.3 Å². The second-order valence-electron chi connectivity index (χ2n) is 9.28. The topological polar surface area (TPSA) is 58.6 Å². The first-order chi connectivity index (χ1) is 17.8. The SMILES string of the molecule is COCCOCCOCCOCCOCCOCCN1[C@@H]2Cc3ccccc3[C@@]1(C)c1ccccc12.Cl. The summed E-state index contributed by atoms with van der Waals surface area (Å²) in [6.07, 6.45) is 1.05. The van der Waals surface area contributed by atoms with Crippen molar-refractivity contribution >= 4 is 12.4 Å². The van der Waals surface area contributed by atoms with E-state index < -0.39 is 0 Å². The third kappa shape index (κ3) is 7.52. The largest absolute Gasteiger partial charge is 0.382 e. The monoisotopic (exact) mass is 535 g/mol. The molecule has 8 heteroatoms. The highest BCUT2D eigenvalue weighted by Crippen LogP contribution is 2.55. The van der Waals surface area contributed by atoms with Crippen LogP contribution >= 0.6 is 12.4 Å². The molecule has 2 atom stereocenters. The van der Waals surface area contributed by atoms with Crippen LogP contribution < -0.4 is 0 Å². The van der Waals surface area contributed by atoms with Crippen LogP contribution in [-0.2, 0) is 40.4 Å². The Morgan fingerprint density at radius 1 is 0.676 bits per heavy atom. The summed E-state index contributed by atoms with van der Waals surface area (Å²) in [5, 5.41) is 0. The van der Waals surface area contributed by atoms with Crippen LogP contribution in [0, 0.1) is 0 Å². The molecule has 206 valence electrons. The van der Waals surface area contributed by atoms with Crippen molar-refractivity contribution in [3.63, 3.8) is 0 Å². The van der Waals surface area contributed by atoms with Crippen LogP contribution in [0.2, 0.25) is 0 Å². The Bertz CT molecular complexity index is 918. The zero-order valence-corrected chi connectivity index (χ0v) is 23.0. The molecule has 2 aliphatic rings. The van der Waals surface area contributed by atoms with Gasteiger partial charge in [-0.3, -0.25) is 4.90 Å². The zero-order chi connectivity index (χ0) is 25.1. The molecule has 0 aromatic heterocycles. The second kappa shape index (κ2) is 15.8. The van der Waals surface area contributed by atoms with Gasteiger partial charge in [-0.05, 0) is 35.6 Å². The molecule has 37 heavy (non-hydrogen) atoms. The highest BCUT2D eigenvalue weighted by Gasteiger charge is 2.51. The van der Waals surface area contributed by atoms with Gasteiger partial charge in [-0.1, -0.05) is 48.5 Å². The van der Waals surface area contributed by atoms with Crippen molar-refractivity contribution in [1.29, 1.82) is 0 Å². The van der Waals surface area contributed by atoms with Gasteiger partial charge in [0.1, 0.15) is 0 Å². The van der Waals surface area contributed by atoms with Gasteiger partial charge < -0.3 is 28.4 Å². The van der Waals surface area contributed by atoms with Gasteiger partial charge in [-0.25, -0.2) is 0 Å². The number of nitrogens with zero attached hydrogens (tertiary/aromatic N) is 1. The predicted octanol–water partition coefficient (Wildman–Crippen LogP) is 4.01. The van der Waals surface area contributed by atoms with Crippen molar-refractivity contribution in [2.75, 3.05) is 86.3 Å². The maximum absolute atomic E-state index is 5.95. The third-order valence-electron chi connectivity index (χ3n) is 7.15. The summed E-state index contributed by atoms with van der Waals surface area (Å²) in [5.74, 6) is 0. The molecular formula is C29H42ClNO6. The van der Waals surface area contributed by atoms with Crippen molar-refractivity contribution in [3.8, 4) is 0 Å². The number of methoxy groups -OCH3 is 1. The van der Waals surface area contributed by atoms with E-state index in [4.69, 9.17) is 28.4 Å². The van der Waals surface area contributed by atoms with Gasteiger partial charge in [-0.2, -0.15) is 0 Å². The Morgan fingerprint density at radius 2 is 1.16 bits per heavy atom. The van der Waals surface area contributed by atoms with Crippen LogP contribution in [0.25, 0.3) is 0 Å². The van der Waals surface area contributed by atoms with E-state index in [1.807, 2.05) is 0 Å². The molecule has 2 aromatic carbocycles. The van der Waals surface area contributed by atoms with E-state index >= 15 is 0 Å². The number of hydrogen-bond donors (Lipinski definition) is 0. The molecule has 0 saturated carbocycles. The maximum Gasteiger partial charge on any atom is 0.0701 e. The van der Waals surface area contributed by atoms with Crippen LogP contribution in [0.4, 0.5) is 0 Å². The molecule has 0 unspecified atom stereocenters. The fourth-order valence-corrected chi connectivity index (χ4v) is 5.43. The summed E-state index contributed by atoms with van der Waals surface area (Å²) in [4.78, 5) is 2.63. The average molecular weight is 536 g/mol. The van der Waals surface area contributed by atoms with Crippen LogP contribution in [0.1, 0.15) is 35.2 Å². The zero-order valence-electron chi connectivity index (χ0n) is 22.2. The molecule has 4 rings (SSSR count). The van der Waals surface area contributed by atoms with Gasteiger partial charge in [0.2, 0.25) is 0 Å². The molecule has 0 radical (unpaired) electrons. The molecule has 0 aliphatic carbocycles. The number of benzene rings is 2. The number of ether oxygens (including phenoxy) is 6. The maximum atomic E-state index is 5.95. The van der Waals surface area contributed by atoms with Gasteiger partial charge in [0.15, 0.2) is 0 Å². The highest BCUT2D eigenvalue weighted by molar-refractivity contribution is 5.85. The molecule has 0 spiro atoms. The van der Waals surface area contributed by atoms with Crippen molar-refractivity contribution < 1.29 is 28.4 Å². The van der Waals surface area contributed by atoms with Gasteiger partial charge in [-0.15, -0.1) is 12.4 Å². The van der Waals surface area contributed by atoms with Crippen molar-refractivity contribution in [2.24, 2.45) is 0 Å². The Labute approximate surface area is 227 Å². The number of fused-ring (bicyclic) bond motifs is 7. The van der Waals surface area contributed by atoms with Crippen LogP contribution in [0.3, 0.4) is 0 Å². The third-order valence-corrected chi connectivity index (χ3v) is 7.15. The molecule has 0 amide bonds. The molecule has 2 bridgehead atoms. The minimum absolute atomic E-state index is 0.